The Bertz CT molecular complexity index is 1610. The fourth-order valence-electron chi connectivity index (χ4n) is 3.94. The fourth-order valence-corrected chi connectivity index (χ4v) is 3.94. The van der Waals surface area contributed by atoms with Crippen LogP contribution in [0, 0.1) is 6.92 Å². The van der Waals surface area contributed by atoms with Crippen molar-refractivity contribution in [1.29, 1.82) is 0 Å². The SMILES string of the molecule is C=CC(=O)Nc1cccc(-n2c(=O)n(-c3ccc(Oc4cccc(C)c4)cc3)c3cnccc32)c1. The molecule has 0 aliphatic heterocycles. The van der Waals surface area contributed by atoms with E-state index in [0.717, 1.165) is 11.3 Å². The molecule has 5 aromatic rings. The lowest BCUT2D eigenvalue weighted by Gasteiger charge is -2.08. The summed E-state index contributed by atoms with van der Waals surface area (Å²) in [6.45, 7) is 5.49. The smallest absolute Gasteiger partial charge is 0.338 e. The first kappa shape index (κ1) is 21.9. The van der Waals surface area contributed by atoms with E-state index in [9.17, 15) is 9.59 Å². The molecule has 1 amide bonds. The molecule has 2 aromatic heterocycles. The van der Waals surface area contributed by atoms with Crippen LogP contribution >= 0.6 is 0 Å². The van der Waals surface area contributed by atoms with Gasteiger partial charge in [0.1, 0.15) is 11.5 Å². The van der Waals surface area contributed by atoms with Gasteiger partial charge >= 0.3 is 5.69 Å². The summed E-state index contributed by atoms with van der Waals surface area (Å²) in [6.07, 6.45) is 4.50. The molecule has 0 saturated carbocycles. The number of hydrogen-bond acceptors (Lipinski definition) is 4. The summed E-state index contributed by atoms with van der Waals surface area (Å²) in [4.78, 5) is 29.6. The first-order valence-electron chi connectivity index (χ1n) is 11.0. The van der Waals surface area contributed by atoms with E-state index in [1.165, 1.54) is 6.08 Å². The van der Waals surface area contributed by atoms with Crippen molar-refractivity contribution < 1.29 is 9.53 Å². The second-order valence-corrected chi connectivity index (χ2v) is 7.97. The molecule has 172 valence electrons. The molecule has 5 rings (SSSR count). The maximum Gasteiger partial charge on any atom is 0.338 e. The van der Waals surface area contributed by atoms with Crippen LogP contribution in [0.15, 0.2) is 109 Å². The van der Waals surface area contributed by atoms with Gasteiger partial charge in [-0.3, -0.25) is 18.9 Å². The van der Waals surface area contributed by atoms with Crippen LogP contribution in [-0.2, 0) is 4.79 Å². The van der Waals surface area contributed by atoms with Crippen molar-refractivity contribution >= 4 is 22.6 Å². The number of hydrogen-bond donors (Lipinski definition) is 1. The number of ether oxygens (including phenoxy) is 1. The average molecular weight is 463 g/mol. The number of amides is 1. The molecule has 0 unspecified atom stereocenters. The van der Waals surface area contributed by atoms with Crippen LogP contribution in [0.1, 0.15) is 5.56 Å². The van der Waals surface area contributed by atoms with E-state index in [-0.39, 0.29) is 11.6 Å². The van der Waals surface area contributed by atoms with Crippen LogP contribution in [0.4, 0.5) is 5.69 Å². The minimum absolute atomic E-state index is 0.257. The Hall–Kier alpha value is -4.91. The van der Waals surface area contributed by atoms with Crippen molar-refractivity contribution in [1.82, 2.24) is 14.1 Å². The Morgan fingerprint density at radius 2 is 1.69 bits per heavy atom. The number of carbonyl (C=O) groups excluding carboxylic acids is 1. The minimum Gasteiger partial charge on any atom is -0.457 e. The summed E-state index contributed by atoms with van der Waals surface area (Å²) in [6, 6.07) is 24.0. The van der Waals surface area contributed by atoms with E-state index in [1.54, 1.807) is 45.8 Å². The molecule has 2 heterocycles. The second-order valence-electron chi connectivity index (χ2n) is 7.97. The van der Waals surface area contributed by atoms with E-state index in [0.29, 0.717) is 33.8 Å². The van der Waals surface area contributed by atoms with Gasteiger partial charge in [-0.05, 0) is 79.2 Å². The van der Waals surface area contributed by atoms with Gasteiger partial charge in [-0.1, -0.05) is 24.8 Å². The minimum atomic E-state index is -0.325. The van der Waals surface area contributed by atoms with Gasteiger partial charge in [0, 0.05) is 11.9 Å². The average Bonchev–Trinajstić information content (AvgIpc) is 3.16. The van der Waals surface area contributed by atoms with Gasteiger partial charge < -0.3 is 10.1 Å². The summed E-state index contributed by atoms with van der Waals surface area (Å²) in [7, 11) is 0. The number of aromatic nitrogens is 3. The van der Waals surface area contributed by atoms with Crippen LogP contribution in [0.3, 0.4) is 0 Å². The standard InChI is InChI=1S/C28H22N4O3/c1-3-27(33)30-20-7-5-8-22(17-20)32-25-14-15-29-18-26(25)31(28(32)34)21-10-12-23(13-11-21)35-24-9-4-6-19(2)16-24/h3-18H,1H2,2H3,(H,30,33). The van der Waals surface area contributed by atoms with Gasteiger partial charge in [0.25, 0.3) is 0 Å². The van der Waals surface area contributed by atoms with Gasteiger partial charge in [-0.2, -0.15) is 0 Å². The third-order valence-corrected chi connectivity index (χ3v) is 5.52. The number of pyridine rings is 1. The quantitative estimate of drug-likeness (QED) is 0.343. The monoisotopic (exact) mass is 462 g/mol. The fraction of sp³-hybridized carbons (Fsp3) is 0.0357. The molecule has 0 bridgehead atoms. The highest BCUT2D eigenvalue weighted by molar-refractivity contribution is 5.99. The number of nitrogens with zero attached hydrogens (tertiary/aromatic N) is 3. The molecule has 1 N–H and O–H groups in total. The van der Waals surface area contributed by atoms with Crippen molar-refractivity contribution in [2.75, 3.05) is 5.32 Å². The number of imidazole rings is 1. The van der Waals surface area contributed by atoms with Crippen molar-refractivity contribution in [3.63, 3.8) is 0 Å². The summed E-state index contributed by atoms with van der Waals surface area (Å²) < 4.78 is 9.15. The molecule has 35 heavy (non-hydrogen) atoms. The highest BCUT2D eigenvalue weighted by atomic mass is 16.5. The van der Waals surface area contributed by atoms with Crippen LogP contribution in [0.5, 0.6) is 11.5 Å². The number of anilines is 1. The molecule has 3 aromatic carbocycles. The van der Waals surface area contributed by atoms with Crippen LogP contribution in [-0.4, -0.2) is 20.0 Å². The first-order valence-corrected chi connectivity index (χ1v) is 11.0. The van der Waals surface area contributed by atoms with E-state index in [1.807, 2.05) is 61.5 Å². The van der Waals surface area contributed by atoms with Crippen LogP contribution in [0.2, 0.25) is 0 Å². The third-order valence-electron chi connectivity index (χ3n) is 5.52. The molecule has 7 heteroatoms. The van der Waals surface area contributed by atoms with Crippen LogP contribution in [0.25, 0.3) is 22.4 Å². The van der Waals surface area contributed by atoms with E-state index < -0.39 is 0 Å². The van der Waals surface area contributed by atoms with Crippen molar-refractivity contribution in [2.45, 2.75) is 6.92 Å². The molecule has 0 spiro atoms. The lowest BCUT2D eigenvalue weighted by atomic mass is 10.2. The maximum absolute atomic E-state index is 13.7. The molecule has 7 nitrogen and oxygen atoms in total. The normalized spacial score (nSPS) is 10.8. The predicted octanol–water partition coefficient (Wildman–Crippen LogP) is 5.40. The van der Waals surface area contributed by atoms with Crippen molar-refractivity contribution in [2.24, 2.45) is 0 Å². The van der Waals surface area contributed by atoms with Gasteiger partial charge in [-0.25, -0.2) is 4.79 Å². The summed E-state index contributed by atoms with van der Waals surface area (Å²) in [5.41, 5.74) is 4.06. The van der Waals surface area contributed by atoms with Crippen LogP contribution < -0.4 is 15.7 Å². The Labute approximate surface area is 201 Å². The Balaban J connectivity index is 1.56. The van der Waals surface area contributed by atoms with Gasteiger partial charge in [0.15, 0.2) is 0 Å². The summed E-state index contributed by atoms with van der Waals surface area (Å²) >= 11 is 0. The van der Waals surface area contributed by atoms with Crippen molar-refractivity contribution in [3.8, 4) is 22.9 Å². The van der Waals surface area contributed by atoms with E-state index >= 15 is 0 Å². The maximum atomic E-state index is 13.7. The summed E-state index contributed by atoms with van der Waals surface area (Å²) in [5.74, 6) is 1.09. The lowest BCUT2D eigenvalue weighted by Crippen LogP contribution is -2.22. The molecule has 0 atom stereocenters. The lowest BCUT2D eigenvalue weighted by molar-refractivity contribution is -0.111. The number of carbonyl (C=O) groups is 1. The molecular weight excluding hydrogens is 440 g/mol. The molecule has 0 saturated heterocycles. The number of benzene rings is 3. The molecular formula is C28H22N4O3. The van der Waals surface area contributed by atoms with Gasteiger partial charge in [0.2, 0.25) is 5.91 Å². The number of rotatable bonds is 6. The molecule has 0 radical (unpaired) electrons. The predicted molar refractivity (Wildman–Crippen MR) is 137 cm³/mol. The van der Waals surface area contributed by atoms with Gasteiger partial charge in [0.05, 0.1) is 28.6 Å². The summed E-state index contributed by atoms with van der Waals surface area (Å²) in [5, 5.41) is 2.73. The van der Waals surface area contributed by atoms with Gasteiger partial charge in [-0.15, -0.1) is 0 Å². The highest BCUT2D eigenvalue weighted by Gasteiger charge is 2.16. The Morgan fingerprint density at radius 3 is 2.46 bits per heavy atom. The zero-order valence-corrected chi connectivity index (χ0v) is 19.0. The number of fused-ring (bicyclic) bond motifs is 1. The first-order chi connectivity index (χ1) is 17.0. The zero-order chi connectivity index (χ0) is 24.4. The highest BCUT2D eigenvalue weighted by Crippen LogP contribution is 2.26. The van der Waals surface area contributed by atoms with Crippen molar-refractivity contribution in [3.05, 3.63) is 120 Å². The topological polar surface area (TPSA) is 78.2 Å². The zero-order valence-electron chi connectivity index (χ0n) is 19.0. The largest absolute Gasteiger partial charge is 0.457 e. The second kappa shape index (κ2) is 9.15. The number of aryl methyl sites for hydroxylation is 1. The van der Waals surface area contributed by atoms with E-state index in [2.05, 4.69) is 16.9 Å². The third kappa shape index (κ3) is 4.35. The molecule has 0 aliphatic rings. The number of nitrogens with one attached hydrogen (secondary N) is 1. The van der Waals surface area contributed by atoms with E-state index in [4.69, 9.17) is 4.74 Å². The Kier molecular flexibility index (Phi) is 5.73. The molecule has 0 fully saturated rings. The molecule has 0 aliphatic carbocycles. The Morgan fingerprint density at radius 1 is 0.914 bits per heavy atom.